The van der Waals surface area contributed by atoms with Crippen LogP contribution in [0.15, 0.2) is 41.2 Å². The average molecular weight is 273 g/mol. The quantitative estimate of drug-likeness (QED) is 0.933. The van der Waals surface area contributed by atoms with Crippen LogP contribution in [0.25, 0.3) is 11.3 Å². The van der Waals surface area contributed by atoms with Gasteiger partial charge in [-0.25, -0.2) is 0 Å². The zero-order valence-electron chi connectivity index (χ0n) is 12.2. The van der Waals surface area contributed by atoms with E-state index in [1.165, 1.54) is 0 Å². The third-order valence-electron chi connectivity index (χ3n) is 3.35. The Bertz CT molecular complexity index is 664. The van der Waals surface area contributed by atoms with Crippen LogP contribution in [0, 0.1) is 0 Å². The van der Waals surface area contributed by atoms with Gasteiger partial charge in [-0.3, -0.25) is 4.79 Å². The van der Waals surface area contributed by atoms with E-state index < -0.39 is 5.60 Å². The number of hydrogen-bond donors (Lipinski definition) is 1. The summed E-state index contributed by atoms with van der Waals surface area (Å²) in [6.07, 6.45) is 0. The van der Waals surface area contributed by atoms with Crippen molar-refractivity contribution in [1.82, 2.24) is 4.57 Å². The predicted molar refractivity (Wildman–Crippen MR) is 78.9 cm³/mol. The second-order valence-corrected chi connectivity index (χ2v) is 5.28. The second-order valence-electron chi connectivity index (χ2n) is 5.28. The second kappa shape index (κ2) is 5.13. The van der Waals surface area contributed by atoms with E-state index in [1.54, 1.807) is 38.6 Å². The number of pyridine rings is 1. The van der Waals surface area contributed by atoms with Crippen molar-refractivity contribution in [3.63, 3.8) is 0 Å². The van der Waals surface area contributed by atoms with E-state index in [-0.39, 0.29) is 5.56 Å². The molecule has 0 saturated carbocycles. The first-order valence-electron chi connectivity index (χ1n) is 6.42. The number of benzene rings is 1. The molecule has 0 aliphatic rings. The lowest BCUT2D eigenvalue weighted by Crippen LogP contribution is -2.31. The molecule has 20 heavy (non-hydrogen) atoms. The molecule has 0 saturated heterocycles. The van der Waals surface area contributed by atoms with Gasteiger partial charge in [0.15, 0.2) is 0 Å². The van der Waals surface area contributed by atoms with Gasteiger partial charge in [-0.15, -0.1) is 0 Å². The topological polar surface area (TPSA) is 51.5 Å². The van der Waals surface area contributed by atoms with Crippen LogP contribution in [0.4, 0.5) is 0 Å². The summed E-state index contributed by atoms with van der Waals surface area (Å²) in [6.45, 7) is 3.22. The third-order valence-corrected chi connectivity index (χ3v) is 3.35. The van der Waals surface area contributed by atoms with Gasteiger partial charge < -0.3 is 14.4 Å². The lowest BCUT2D eigenvalue weighted by molar-refractivity contribution is 0.0766. The molecule has 2 rings (SSSR count). The minimum absolute atomic E-state index is 0.189. The highest BCUT2D eigenvalue weighted by molar-refractivity contribution is 5.61. The van der Waals surface area contributed by atoms with Gasteiger partial charge in [-0.1, -0.05) is 0 Å². The molecule has 0 unspecified atom stereocenters. The zero-order valence-corrected chi connectivity index (χ0v) is 12.2. The maximum atomic E-state index is 12.3. The Labute approximate surface area is 118 Å². The van der Waals surface area contributed by atoms with Crippen LogP contribution < -0.4 is 10.3 Å². The first-order chi connectivity index (χ1) is 9.34. The molecule has 1 N–H and O–H groups in total. The van der Waals surface area contributed by atoms with Crippen molar-refractivity contribution in [1.29, 1.82) is 0 Å². The van der Waals surface area contributed by atoms with Gasteiger partial charge in [0.1, 0.15) is 5.75 Å². The molecular weight excluding hydrogens is 254 g/mol. The Morgan fingerprint density at radius 1 is 1.10 bits per heavy atom. The van der Waals surface area contributed by atoms with E-state index in [1.807, 2.05) is 30.3 Å². The van der Waals surface area contributed by atoms with Crippen molar-refractivity contribution in [3.05, 3.63) is 52.3 Å². The molecule has 0 spiro atoms. The van der Waals surface area contributed by atoms with Crippen molar-refractivity contribution in [2.45, 2.75) is 19.4 Å². The van der Waals surface area contributed by atoms with Gasteiger partial charge in [0.05, 0.1) is 18.4 Å². The lowest BCUT2D eigenvalue weighted by Gasteiger charge is -2.19. The predicted octanol–water partition coefficient (Wildman–Crippen LogP) is 2.29. The summed E-state index contributed by atoms with van der Waals surface area (Å²) in [7, 11) is 3.32. The molecule has 0 amide bonds. The third kappa shape index (κ3) is 2.60. The van der Waals surface area contributed by atoms with Crippen LogP contribution in [0.1, 0.15) is 19.4 Å². The number of hydrogen-bond acceptors (Lipinski definition) is 3. The Morgan fingerprint density at radius 3 is 2.20 bits per heavy atom. The molecular formula is C16H19NO3. The molecule has 106 valence electrons. The van der Waals surface area contributed by atoms with E-state index >= 15 is 0 Å². The zero-order chi connectivity index (χ0) is 14.9. The monoisotopic (exact) mass is 273 g/mol. The van der Waals surface area contributed by atoms with Gasteiger partial charge in [0.25, 0.3) is 5.56 Å². The summed E-state index contributed by atoms with van der Waals surface area (Å²) in [6, 6.07) is 11.0. The van der Waals surface area contributed by atoms with Gasteiger partial charge >= 0.3 is 0 Å². The van der Waals surface area contributed by atoms with E-state index in [0.717, 1.165) is 17.0 Å². The number of methoxy groups -OCH3 is 1. The number of ether oxygens (including phenoxy) is 1. The van der Waals surface area contributed by atoms with Crippen LogP contribution >= 0.6 is 0 Å². The smallest absolute Gasteiger partial charge is 0.256 e. The highest BCUT2D eigenvalue weighted by Gasteiger charge is 2.21. The molecule has 0 fully saturated rings. The molecule has 2 aromatic rings. The largest absolute Gasteiger partial charge is 0.497 e. The average Bonchev–Trinajstić information content (AvgIpc) is 2.40. The van der Waals surface area contributed by atoms with Crippen LogP contribution in [-0.4, -0.2) is 16.8 Å². The first-order valence-corrected chi connectivity index (χ1v) is 6.42. The molecule has 1 aromatic heterocycles. The molecule has 0 aliphatic carbocycles. The Kier molecular flexibility index (Phi) is 3.68. The maximum absolute atomic E-state index is 12.3. The Hall–Kier alpha value is -2.07. The van der Waals surface area contributed by atoms with Crippen molar-refractivity contribution in [2.24, 2.45) is 7.05 Å². The SMILES string of the molecule is COc1ccc(-c2ccc(C(C)(C)O)c(=O)n2C)cc1. The van der Waals surface area contributed by atoms with Gasteiger partial charge in [0, 0.05) is 12.6 Å². The van der Waals surface area contributed by atoms with Gasteiger partial charge in [-0.2, -0.15) is 0 Å². The number of rotatable bonds is 3. The summed E-state index contributed by atoms with van der Waals surface area (Å²) in [5.41, 5.74) is 0.772. The number of aliphatic hydroxyl groups is 1. The van der Waals surface area contributed by atoms with Crippen molar-refractivity contribution < 1.29 is 9.84 Å². The molecule has 4 heteroatoms. The standard InChI is InChI=1S/C16H19NO3/c1-16(2,19)13-9-10-14(17(3)15(13)18)11-5-7-12(20-4)8-6-11/h5-10,19H,1-4H3. The molecule has 0 atom stereocenters. The minimum Gasteiger partial charge on any atom is -0.497 e. The molecule has 1 aromatic carbocycles. The first kappa shape index (κ1) is 14.3. The lowest BCUT2D eigenvalue weighted by atomic mass is 9.99. The van der Waals surface area contributed by atoms with E-state index in [4.69, 9.17) is 4.74 Å². The molecule has 0 radical (unpaired) electrons. The van der Waals surface area contributed by atoms with Gasteiger partial charge in [0.2, 0.25) is 0 Å². The highest BCUT2D eigenvalue weighted by Crippen LogP contribution is 2.23. The van der Waals surface area contributed by atoms with Crippen LogP contribution in [0.2, 0.25) is 0 Å². The summed E-state index contributed by atoms with van der Waals surface area (Å²) in [5.74, 6) is 0.770. The molecule has 0 bridgehead atoms. The number of aromatic nitrogens is 1. The summed E-state index contributed by atoms with van der Waals surface area (Å²) in [4.78, 5) is 12.3. The van der Waals surface area contributed by atoms with E-state index in [0.29, 0.717) is 5.56 Å². The van der Waals surface area contributed by atoms with Crippen LogP contribution in [-0.2, 0) is 12.6 Å². The van der Waals surface area contributed by atoms with Crippen molar-refractivity contribution >= 4 is 0 Å². The maximum Gasteiger partial charge on any atom is 0.256 e. The fraction of sp³-hybridized carbons (Fsp3) is 0.312. The van der Waals surface area contributed by atoms with Crippen LogP contribution in [0.5, 0.6) is 5.75 Å². The highest BCUT2D eigenvalue weighted by atomic mass is 16.5. The Balaban J connectivity index is 2.54. The fourth-order valence-electron chi connectivity index (χ4n) is 2.15. The molecule has 4 nitrogen and oxygen atoms in total. The van der Waals surface area contributed by atoms with E-state index in [2.05, 4.69) is 0 Å². The summed E-state index contributed by atoms with van der Waals surface area (Å²) >= 11 is 0. The van der Waals surface area contributed by atoms with Crippen molar-refractivity contribution in [2.75, 3.05) is 7.11 Å². The normalized spacial score (nSPS) is 11.4. The number of nitrogens with zero attached hydrogens (tertiary/aromatic N) is 1. The van der Waals surface area contributed by atoms with Crippen molar-refractivity contribution in [3.8, 4) is 17.0 Å². The van der Waals surface area contributed by atoms with Crippen LogP contribution in [0.3, 0.4) is 0 Å². The summed E-state index contributed by atoms with van der Waals surface area (Å²) in [5, 5.41) is 9.99. The Morgan fingerprint density at radius 2 is 1.70 bits per heavy atom. The molecule has 0 aliphatic heterocycles. The van der Waals surface area contributed by atoms with E-state index in [9.17, 15) is 9.90 Å². The summed E-state index contributed by atoms with van der Waals surface area (Å²) < 4.78 is 6.67. The van der Waals surface area contributed by atoms with Gasteiger partial charge in [-0.05, 0) is 55.8 Å². The minimum atomic E-state index is -1.15. The fourth-order valence-corrected chi connectivity index (χ4v) is 2.15. The molecule has 1 heterocycles.